The number of hydrogen-bond donors (Lipinski definition) is 2. The molecule has 8 nitrogen and oxygen atoms in total. The molecule has 0 fully saturated rings. The first kappa shape index (κ1) is 13.9. The monoisotopic (exact) mass is 279 g/mol. The molecule has 1 unspecified atom stereocenters. The minimum atomic E-state index is -1.20. The van der Waals surface area contributed by atoms with E-state index in [1.54, 1.807) is 0 Å². The molecule has 3 N–H and O–H groups in total. The fourth-order valence-corrected chi connectivity index (χ4v) is 2.13. The summed E-state index contributed by atoms with van der Waals surface area (Å²) in [7, 11) is 0. The van der Waals surface area contributed by atoms with E-state index in [0.29, 0.717) is 17.7 Å². The van der Waals surface area contributed by atoms with Gasteiger partial charge in [0.2, 0.25) is 5.91 Å². The van der Waals surface area contributed by atoms with Crippen LogP contribution in [0.5, 0.6) is 0 Å². The highest BCUT2D eigenvalue weighted by atomic mass is 16.6. The maximum atomic E-state index is 11.9. The van der Waals surface area contributed by atoms with Crippen molar-refractivity contribution in [1.82, 2.24) is 0 Å². The van der Waals surface area contributed by atoms with E-state index < -0.39 is 16.9 Å². The summed E-state index contributed by atoms with van der Waals surface area (Å²) in [6, 6.07) is 2.96. The number of nitrogens with zero attached hydrogens (tertiary/aromatic N) is 2. The van der Waals surface area contributed by atoms with E-state index >= 15 is 0 Å². The Morgan fingerprint density at radius 1 is 1.50 bits per heavy atom. The summed E-state index contributed by atoms with van der Waals surface area (Å²) in [5.41, 5.74) is 6.53. The van der Waals surface area contributed by atoms with Gasteiger partial charge < -0.3 is 15.7 Å². The summed E-state index contributed by atoms with van der Waals surface area (Å²) in [4.78, 5) is 34.2. The molecule has 1 heterocycles. The Kier molecular flexibility index (Phi) is 3.66. The second-order valence-electron chi connectivity index (χ2n) is 4.52. The molecule has 2 rings (SSSR count). The molecule has 0 radical (unpaired) electrons. The minimum Gasteiger partial charge on any atom is -0.480 e. The van der Waals surface area contributed by atoms with Crippen molar-refractivity contribution in [3.63, 3.8) is 0 Å². The van der Waals surface area contributed by atoms with Gasteiger partial charge in [0.15, 0.2) is 0 Å². The molecule has 106 valence electrons. The summed E-state index contributed by atoms with van der Waals surface area (Å²) in [5, 5.41) is 19.5. The largest absolute Gasteiger partial charge is 0.480 e. The molecule has 1 aliphatic rings. The number of aliphatic carboxylic acids is 1. The highest BCUT2D eigenvalue weighted by Crippen LogP contribution is 2.31. The number of nitro groups is 1. The predicted octanol–water partition coefficient (Wildman–Crippen LogP) is 0.286. The molecule has 1 amide bonds. The van der Waals surface area contributed by atoms with Crippen molar-refractivity contribution in [2.75, 3.05) is 11.4 Å². The van der Waals surface area contributed by atoms with Gasteiger partial charge >= 0.3 is 5.97 Å². The normalized spacial score (nSPS) is 15.7. The van der Waals surface area contributed by atoms with Crippen LogP contribution in [0.3, 0.4) is 0 Å². The molecular weight excluding hydrogens is 266 g/mol. The lowest BCUT2D eigenvalue weighted by atomic mass is 10.00. The Bertz CT molecular complexity index is 586. The number of anilines is 1. The van der Waals surface area contributed by atoms with E-state index in [4.69, 9.17) is 10.8 Å². The first-order chi connectivity index (χ1) is 9.40. The van der Waals surface area contributed by atoms with Crippen LogP contribution in [0, 0.1) is 10.1 Å². The average molecular weight is 279 g/mol. The number of non-ortho nitro benzene ring substituents is 1. The van der Waals surface area contributed by atoms with Gasteiger partial charge in [0.1, 0.15) is 6.04 Å². The highest BCUT2D eigenvalue weighted by Gasteiger charge is 2.28. The van der Waals surface area contributed by atoms with Gasteiger partial charge in [-0.05, 0) is 18.1 Å². The highest BCUT2D eigenvalue weighted by molar-refractivity contribution is 5.97. The lowest BCUT2D eigenvalue weighted by molar-refractivity contribution is -0.384. The van der Waals surface area contributed by atoms with Gasteiger partial charge in [-0.2, -0.15) is 0 Å². The average Bonchev–Trinajstić information content (AvgIpc) is 2.41. The van der Waals surface area contributed by atoms with Crippen LogP contribution >= 0.6 is 0 Å². The zero-order chi connectivity index (χ0) is 14.9. The van der Waals surface area contributed by atoms with Crippen LogP contribution < -0.4 is 10.6 Å². The van der Waals surface area contributed by atoms with Crippen molar-refractivity contribution in [3.8, 4) is 0 Å². The number of rotatable bonds is 4. The molecule has 20 heavy (non-hydrogen) atoms. The zero-order valence-corrected chi connectivity index (χ0v) is 10.5. The van der Waals surface area contributed by atoms with Crippen molar-refractivity contribution < 1.29 is 19.6 Å². The SMILES string of the molecule is NC(CN1C(=O)CCc2cc([N+](=O)[O-])ccc21)C(=O)O. The first-order valence-electron chi connectivity index (χ1n) is 5.96. The number of hydrogen-bond acceptors (Lipinski definition) is 5. The molecule has 1 aliphatic heterocycles. The number of carboxylic acid groups (broad SMARTS) is 1. The van der Waals surface area contributed by atoms with Crippen LogP contribution in [0.1, 0.15) is 12.0 Å². The molecule has 0 saturated heterocycles. The van der Waals surface area contributed by atoms with Crippen molar-refractivity contribution in [2.24, 2.45) is 5.73 Å². The Morgan fingerprint density at radius 3 is 2.80 bits per heavy atom. The second kappa shape index (κ2) is 5.25. The minimum absolute atomic E-state index is 0.0550. The van der Waals surface area contributed by atoms with Crippen molar-refractivity contribution in [2.45, 2.75) is 18.9 Å². The van der Waals surface area contributed by atoms with E-state index in [1.165, 1.54) is 23.1 Å². The van der Waals surface area contributed by atoms with E-state index in [0.717, 1.165) is 0 Å². The number of carbonyl (C=O) groups is 2. The Balaban J connectivity index is 2.34. The van der Waals surface area contributed by atoms with Crippen LogP contribution in [0.15, 0.2) is 18.2 Å². The topological polar surface area (TPSA) is 127 Å². The van der Waals surface area contributed by atoms with Crippen LogP contribution in [-0.4, -0.2) is 34.5 Å². The van der Waals surface area contributed by atoms with Gasteiger partial charge in [-0.15, -0.1) is 0 Å². The van der Waals surface area contributed by atoms with Crippen molar-refractivity contribution >= 4 is 23.3 Å². The number of carboxylic acids is 1. The van der Waals surface area contributed by atoms with Gasteiger partial charge in [-0.3, -0.25) is 19.7 Å². The summed E-state index contributed by atoms with van der Waals surface area (Å²) < 4.78 is 0. The number of fused-ring (bicyclic) bond motifs is 1. The van der Waals surface area contributed by atoms with E-state index in [9.17, 15) is 19.7 Å². The van der Waals surface area contributed by atoms with Gasteiger partial charge in [0.25, 0.3) is 5.69 Å². The number of carbonyl (C=O) groups excluding carboxylic acids is 1. The summed E-state index contributed by atoms with van der Waals surface area (Å²) in [5.74, 6) is -1.44. The fraction of sp³-hybridized carbons (Fsp3) is 0.333. The molecular formula is C12H13N3O5. The van der Waals surface area contributed by atoms with Crippen molar-refractivity contribution in [1.29, 1.82) is 0 Å². The van der Waals surface area contributed by atoms with Crippen LogP contribution in [0.25, 0.3) is 0 Å². The number of nitrogens with two attached hydrogens (primary N) is 1. The molecule has 0 aromatic heterocycles. The summed E-state index contributed by atoms with van der Waals surface area (Å²) in [6.45, 7) is -0.154. The molecule has 0 saturated carbocycles. The van der Waals surface area contributed by atoms with Crippen molar-refractivity contribution in [3.05, 3.63) is 33.9 Å². The van der Waals surface area contributed by atoms with Gasteiger partial charge in [-0.1, -0.05) is 0 Å². The Labute approximate surface area is 113 Å². The lowest BCUT2D eigenvalue weighted by Gasteiger charge is -2.30. The van der Waals surface area contributed by atoms with Crippen LogP contribution in [0.4, 0.5) is 11.4 Å². The van der Waals surface area contributed by atoms with Gasteiger partial charge in [0.05, 0.1) is 11.5 Å². The maximum Gasteiger partial charge on any atom is 0.322 e. The first-order valence-corrected chi connectivity index (χ1v) is 5.96. The third-order valence-corrected chi connectivity index (χ3v) is 3.17. The predicted molar refractivity (Wildman–Crippen MR) is 69.4 cm³/mol. The van der Waals surface area contributed by atoms with Gasteiger partial charge in [-0.25, -0.2) is 0 Å². The van der Waals surface area contributed by atoms with E-state index in [2.05, 4.69) is 0 Å². The molecule has 0 bridgehead atoms. The second-order valence-corrected chi connectivity index (χ2v) is 4.52. The number of amides is 1. The van der Waals surface area contributed by atoms with Crippen LogP contribution in [0.2, 0.25) is 0 Å². The smallest absolute Gasteiger partial charge is 0.322 e. The maximum absolute atomic E-state index is 11.9. The molecule has 1 aromatic rings. The number of benzene rings is 1. The Hall–Kier alpha value is -2.48. The number of aryl methyl sites for hydroxylation is 1. The van der Waals surface area contributed by atoms with E-state index in [-0.39, 0.29) is 24.6 Å². The molecule has 0 aliphatic carbocycles. The molecule has 8 heteroatoms. The Morgan fingerprint density at radius 2 is 2.20 bits per heavy atom. The summed E-state index contributed by atoms with van der Waals surface area (Å²) in [6.07, 6.45) is 0.579. The fourth-order valence-electron chi connectivity index (χ4n) is 2.13. The summed E-state index contributed by atoms with van der Waals surface area (Å²) >= 11 is 0. The molecule has 1 atom stereocenters. The molecule has 0 spiro atoms. The standard InChI is InChI=1S/C12H13N3O5/c13-9(12(17)18)6-14-10-3-2-8(15(19)20)5-7(10)1-4-11(14)16/h2-3,5,9H,1,4,6,13H2,(H,17,18). The third-order valence-electron chi connectivity index (χ3n) is 3.17. The van der Waals surface area contributed by atoms with E-state index in [1.807, 2.05) is 0 Å². The third kappa shape index (κ3) is 2.59. The quantitative estimate of drug-likeness (QED) is 0.602. The van der Waals surface area contributed by atoms with Gasteiger partial charge in [0, 0.05) is 24.2 Å². The van der Waals surface area contributed by atoms with Crippen LogP contribution in [-0.2, 0) is 16.0 Å². The lowest BCUT2D eigenvalue weighted by Crippen LogP contribution is -2.47. The number of nitro benzene ring substituents is 1. The zero-order valence-electron chi connectivity index (χ0n) is 10.5. The molecule has 1 aromatic carbocycles.